The first-order valence-electron chi connectivity index (χ1n) is 8.78. The van der Waals surface area contributed by atoms with Crippen molar-refractivity contribution >= 4 is 17.3 Å². The number of benzene rings is 2. The van der Waals surface area contributed by atoms with Gasteiger partial charge in [-0.2, -0.15) is 0 Å². The number of non-ortho nitro benzene ring substituents is 1. The first-order valence-corrected chi connectivity index (χ1v) is 8.78. The van der Waals surface area contributed by atoms with E-state index in [1.54, 1.807) is 27.2 Å². The molecule has 0 radical (unpaired) electrons. The minimum Gasteiger partial charge on any atom is -0.493 e. The maximum absolute atomic E-state index is 12.3. The van der Waals surface area contributed by atoms with Gasteiger partial charge in [0.05, 0.1) is 31.4 Å². The highest BCUT2D eigenvalue weighted by Crippen LogP contribution is 2.27. The molecule has 0 heterocycles. The van der Waals surface area contributed by atoms with Crippen molar-refractivity contribution in [3.8, 4) is 11.5 Å². The van der Waals surface area contributed by atoms with Gasteiger partial charge in [0, 0.05) is 18.7 Å². The van der Waals surface area contributed by atoms with Crippen LogP contribution in [0.4, 0.5) is 11.4 Å². The van der Waals surface area contributed by atoms with Crippen LogP contribution in [0.5, 0.6) is 11.5 Å². The molecule has 0 unspecified atom stereocenters. The van der Waals surface area contributed by atoms with Gasteiger partial charge in [-0.15, -0.1) is 0 Å². The lowest BCUT2D eigenvalue weighted by atomic mass is 10.1. The van der Waals surface area contributed by atoms with Crippen LogP contribution in [0.15, 0.2) is 36.4 Å². The number of likely N-dealkylation sites (N-methyl/N-ethyl adjacent to an activating group) is 1. The lowest BCUT2D eigenvalue weighted by Crippen LogP contribution is -2.31. The number of hydrogen-bond donors (Lipinski definition) is 1. The van der Waals surface area contributed by atoms with Crippen molar-refractivity contribution in [1.82, 2.24) is 4.90 Å². The van der Waals surface area contributed by atoms with Crippen molar-refractivity contribution in [3.63, 3.8) is 0 Å². The van der Waals surface area contributed by atoms with Crippen molar-refractivity contribution in [2.45, 2.75) is 13.3 Å². The average molecular weight is 387 g/mol. The van der Waals surface area contributed by atoms with E-state index in [0.717, 1.165) is 17.5 Å². The van der Waals surface area contributed by atoms with Crippen molar-refractivity contribution in [3.05, 3.63) is 57.6 Å². The lowest BCUT2D eigenvalue weighted by molar-refractivity contribution is -0.384. The van der Waals surface area contributed by atoms with Gasteiger partial charge < -0.3 is 14.8 Å². The van der Waals surface area contributed by atoms with Crippen LogP contribution in [-0.4, -0.2) is 50.1 Å². The van der Waals surface area contributed by atoms with Gasteiger partial charge in [0.25, 0.3) is 5.69 Å². The van der Waals surface area contributed by atoms with Gasteiger partial charge in [0.1, 0.15) is 0 Å². The molecule has 150 valence electrons. The molecule has 0 bridgehead atoms. The van der Waals surface area contributed by atoms with E-state index in [2.05, 4.69) is 5.32 Å². The average Bonchev–Trinajstić information content (AvgIpc) is 2.67. The Morgan fingerprint density at radius 2 is 1.86 bits per heavy atom. The Morgan fingerprint density at radius 1 is 1.14 bits per heavy atom. The number of hydrogen-bond acceptors (Lipinski definition) is 6. The van der Waals surface area contributed by atoms with Crippen LogP contribution in [0.2, 0.25) is 0 Å². The van der Waals surface area contributed by atoms with Gasteiger partial charge in [0.15, 0.2) is 11.5 Å². The molecule has 0 aliphatic heterocycles. The van der Waals surface area contributed by atoms with E-state index in [1.165, 1.54) is 12.1 Å². The molecule has 2 aromatic carbocycles. The fourth-order valence-electron chi connectivity index (χ4n) is 2.73. The number of nitro groups is 1. The molecule has 0 aromatic heterocycles. The number of methoxy groups -OCH3 is 2. The molecule has 2 aromatic rings. The van der Waals surface area contributed by atoms with E-state index >= 15 is 0 Å². The molecule has 0 spiro atoms. The van der Waals surface area contributed by atoms with Crippen molar-refractivity contribution in [2.75, 3.05) is 39.7 Å². The first kappa shape index (κ1) is 21.2. The first-order chi connectivity index (χ1) is 13.3. The normalized spacial score (nSPS) is 10.6. The standard InChI is InChI=1S/C20H25N3O5/c1-14-5-7-16(23(25)26)12-17(14)21-20(24)13-22(2)10-9-15-6-8-18(27-3)19(11-15)28-4/h5-8,11-12H,9-10,13H2,1-4H3,(H,21,24). The number of ether oxygens (including phenoxy) is 2. The zero-order chi connectivity index (χ0) is 20.7. The summed E-state index contributed by atoms with van der Waals surface area (Å²) in [5.74, 6) is 1.12. The van der Waals surface area contributed by atoms with Gasteiger partial charge in [0.2, 0.25) is 5.91 Å². The van der Waals surface area contributed by atoms with Crippen molar-refractivity contribution in [2.24, 2.45) is 0 Å². The fourth-order valence-corrected chi connectivity index (χ4v) is 2.73. The van der Waals surface area contributed by atoms with Crippen LogP contribution in [0.3, 0.4) is 0 Å². The number of nitrogens with one attached hydrogen (secondary N) is 1. The molecular weight excluding hydrogens is 362 g/mol. The number of nitrogens with zero attached hydrogens (tertiary/aromatic N) is 2. The molecule has 8 nitrogen and oxygen atoms in total. The number of carbonyl (C=O) groups excluding carboxylic acids is 1. The van der Waals surface area contributed by atoms with Gasteiger partial charge in [-0.1, -0.05) is 12.1 Å². The number of aryl methyl sites for hydroxylation is 1. The maximum Gasteiger partial charge on any atom is 0.271 e. The monoisotopic (exact) mass is 387 g/mol. The van der Waals surface area contributed by atoms with Crippen molar-refractivity contribution in [1.29, 1.82) is 0 Å². The van der Waals surface area contributed by atoms with Gasteiger partial charge in [-0.25, -0.2) is 0 Å². The van der Waals surface area contributed by atoms with Crippen molar-refractivity contribution < 1.29 is 19.2 Å². The molecule has 2 rings (SSSR count). The summed E-state index contributed by atoms with van der Waals surface area (Å²) in [4.78, 5) is 24.6. The Labute approximate surface area is 164 Å². The summed E-state index contributed by atoms with van der Waals surface area (Å²) in [6, 6.07) is 10.1. The third-order valence-corrected chi connectivity index (χ3v) is 4.35. The van der Waals surface area contributed by atoms with E-state index in [4.69, 9.17) is 9.47 Å². The number of amides is 1. The quantitative estimate of drug-likeness (QED) is 0.525. The van der Waals surface area contributed by atoms with Crippen LogP contribution in [0.1, 0.15) is 11.1 Å². The van der Waals surface area contributed by atoms with E-state index in [1.807, 2.05) is 30.1 Å². The SMILES string of the molecule is COc1ccc(CCN(C)CC(=O)Nc2cc([N+](=O)[O-])ccc2C)cc1OC. The van der Waals surface area contributed by atoms with Crippen LogP contribution in [0, 0.1) is 17.0 Å². The summed E-state index contributed by atoms with van der Waals surface area (Å²) in [6.07, 6.45) is 0.736. The molecular formula is C20H25N3O5. The smallest absolute Gasteiger partial charge is 0.271 e. The summed E-state index contributed by atoms with van der Waals surface area (Å²) in [5.41, 5.74) is 2.24. The second-order valence-electron chi connectivity index (χ2n) is 6.48. The molecule has 0 atom stereocenters. The number of rotatable bonds is 9. The molecule has 0 aliphatic carbocycles. The second kappa shape index (κ2) is 9.70. The largest absolute Gasteiger partial charge is 0.493 e. The summed E-state index contributed by atoms with van der Waals surface area (Å²) >= 11 is 0. The topological polar surface area (TPSA) is 93.9 Å². The van der Waals surface area contributed by atoms with Gasteiger partial charge >= 0.3 is 0 Å². The number of nitro benzene ring substituents is 1. The highest BCUT2D eigenvalue weighted by Gasteiger charge is 2.13. The zero-order valence-electron chi connectivity index (χ0n) is 16.5. The third-order valence-electron chi connectivity index (χ3n) is 4.35. The van der Waals surface area contributed by atoms with Gasteiger partial charge in [-0.3, -0.25) is 19.8 Å². The predicted molar refractivity (Wildman–Crippen MR) is 107 cm³/mol. The van der Waals surface area contributed by atoms with Crippen LogP contribution in [0.25, 0.3) is 0 Å². The molecule has 1 N–H and O–H groups in total. The molecule has 0 fully saturated rings. The summed E-state index contributed by atoms with van der Waals surface area (Å²) in [7, 11) is 5.03. The van der Waals surface area contributed by atoms with E-state index in [-0.39, 0.29) is 18.1 Å². The predicted octanol–water partition coefficient (Wildman–Crippen LogP) is 3.03. The molecule has 0 saturated carbocycles. The highest BCUT2D eigenvalue weighted by atomic mass is 16.6. The minimum absolute atomic E-state index is 0.0530. The van der Waals surface area contributed by atoms with Crippen LogP contribution >= 0.6 is 0 Å². The molecule has 1 amide bonds. The highest BCUT2D eigenvalue weighted by molar-refractivity contribution is 5.93. The lowest BCUT2D eigenvalue weighted by Gasteiger charge is -2.17. The Hall–Kier alpha value is -3.13. The van der Waals surface area contributed by atoms with Crippen LogP contribution in [-0.2, 0) is 11.2 Å². The number of anilines is 1. The molecule has 0 aliphatic rings. The Bertz CT molecular complexity index is 854. The van der Waals surface area contributed by atoms with E-state index < -0.39 is 4.92 Å². The summed E-state index contributed by atoms with van der Waals surface area (Å²) in [6.45, 7) is 2.63. The summed E-state index contributed by atoms with van der Waals surface area (Å²) in [5, 5.41) is 13.6. The van der Waals surface area contributed by atoms with Gasteiger partial charge in [-0.05, 0) is 43.7 Å². The second-order valence-corrected chi connectivity index (χ2v) is 6.48. The fraction of sp³-hybridized carbons (Fsp3) is 0.350. The summed E-state index contributed by atoms with van der Waals surface area (Å²) < 4.78 is 10.5. The molecule has 28 heavy (non-hydrogen) atoms. The Balaban J connectivity index is 1.91. The third kappa shape index (κ3) is 5.68. The molecule has 0 saturated heterocycles. The van der Waals surface area contributed by atoms with E-state index in [0.29, 0.717) is 23.7 Å². The van der Waals surface area contributed by atoms with E-state index in [9.17, 15) is 14.9 Å². The molecule has 8 heteroatoms. The number of carbonyl (C=O) groups is 1. The zero-order valence-corrected chi connectivity index (χ0v) is 16.5. The minimum atomic E-state index is -0.482. The Morgan fingerprint density at radius 3 is 2.50 bits per heavy atom. The van der Waals surface area contributed by atoms with Crippen LogP contribution < -0.4 is 14.8 Å². The Kier molecular flexibility index (Phi) is 7.34. The maximum atomic E-state index is 12.3.